The normalized spacial score (nSPS) is 20.3. The van der Waals surface area contributed by atoms with Gasteiger partial charge in [0.15, 0.2) is 10.8 Å². The number of nitrogens with zero attached hydrogens (tertiary/aromatic N) is 3. The summed E-state index contributed by atoms with van der Waals surface area (Å²) in [7, 11) is -2.40. The van der Waals surface area contributed by atoms with Gasteiger partial charge < -0.3 is 20.0 Å². The standard InChI is InChI=1S/C17H19N5O9S3/c1-7(23)31-4-8-5-32-15-11(14(25)22(15)12(8)16(26)27)19-13(24)10(20-30-2)9-6-33-17(18-9)21-34(3,28)29/h6,11,15H,4-5H2,1-3H3,(H,18,21)(H,19,24)(H,26,27)/t11-,15+/m0/s1. The van der Waals surface area contributed by atoms with E-state index in [1.165, 1.54) is 31.2 Å². The number of carboxylic acid groups (broad SMARTS) is 1. The van der Waals surface area contributed by atoms with Crippen LogP contribution in [-0.2, 0) is 38.8 Å². The predicted octanol–water partition coefficient (Wildman–Crippen LogP) is -0.833. The molecule has 1 aromatic rings. The molecule has 0 aromatic carbocycles. The Bertz CT molecular complexity index is 1210. The van der Waals surface area contributed by atoms with Gasteiger partial charge in [0.2, 0.25) is 10.0 Å². The quantitative estimate of drug-likeness (QED) is 0.155. The van der Waals surface area contributed by atoms with Gasteiger partial charge in [0.05, 0.1) is 6.26 Å². The van der Waals surface area contributed by atoms with E-state index in [1.807, 2.05) is 0 Å². The minimum absolute atomic E-state index is 0.000573. The number of thiazole rings is 1. The van der Waals surface area contributed by atoms with Crippen LogP contribution in [0.5, 0.6) is 0 Å². The van der Waals surface area contributed by atoms with Gasteiger partial charge in [0.1, 0.15) is 36.5 Å². The number of carbonyl (C=O) groups is 4. The molecule has 0 bridgehead atoms. The average Bonchev–Trinajstić information content (AvgIpc) is 3.19. The maximum atomic E-state index is 12.8. The molecule has 2 aliphatic rings. The van der Waals surface area contributed by atoms with Crippen molar-refractivity contribution in [2.45, 2.75) is 18.3 Å². The number of aliphatic carboxylic acids is 1. The van der Waals surface area contributed by atoms with Crippen LogP contribution in [0.3, 0.4) is 0 Å². The van der Waals surface area contributed by atoms with Crippen molar-refractivity contribution < 1.29 is 42.3 Å². The van der Waals surface area contributed by atoms with Crippen LogP contribution in [0.4, 0.5) is 5.13 Å². The highest BCUT2D eigenvalue weighted by molar-refractivity contribution is 8.00. The Kier molecular flexibility index (Phi) is 7.47. The summed E-state index contributed by atoms with van der Waals surface area (Å²) < 4.78 is 29.8. The van der Waals surface area contributed by atoms with Crippen molar-refractivity contribution in [2.24, 2.45) is 5.16 Å². The molecule has 14 nitrogen and oxygen atoms in total. The Balaban J connectivity index is 1.77. The number of oxime groups is 1. The van der Waals surface area contributed by atoms with Gasteiger partial charge in [-0.25, -0.2) is 18.2 Å². The summed E-state index contributed by atoms with van der Waals surface area (Å²) in [5.41, 5.74) is -0.332. The summed E-state index contributed by atoms with van der Waals surface area (Å²) in [5, 5.41) is 16.4. The van der Waals surface area contributed by atoms with Crippen molar-refractivity contribution in [3.8, 4) is 0 Å². The number of hydrogen-bond acceptors (Lipinski definition) is 12. The second kappa shape index (κ2) is 9.98. The van der Waals surface area contributed by atoms with E-state index in [-0.39, 0.29) is 40.2 Å². The SMILES string of the molecule is CON=C(C(=O)N[C@H]1C(=O)N2C(C(=O)O)=C(COC(C)=O)CS[C@H]12)c1csc(NS(C)(=O)=O)n1. The zero-order valence-corrected chi connectivity index (χ0v) is 20.4. The lowest BCUT2D eigenvalue weighted by molar-refractivity contribution is -0.150. The molecule has 0 saturated carbocycles. The van der Waals surface area contributed by atoms with Crippen molar-refractivity contribution in [3.05, 3.63) is 22.3 Å². The number of nitrogens with one attached hydrogen (secondary N) is 2. The van der Waals surface area contributed by atoms with E-state index >= 15 is 0 Å². The van der Waals surface area contributed by atoms with Crippen molar-refractivity contribution in [1.82, 2.24) is 15.2 Å². The van der Waals surface area contributed by atoms with Crippen molar-refractivity contribution >= 4 is 67.7 Å². The fraction of sp³-hybridized carbons (Fsp3) is 0.412. The number of anilines is 1. The summed E-state index contributed by atoms with van der Waals surface area (Å²) in [6.07, 6.45) is 0.943. The van der Waals surface area contributed by atoms with Gasteiger partial charge in [-0.2, -0.15) is 0 Å². The number of esters is 1. The first-order valence-electron chi connectivity index (χ1n) is 9.32. The largest absolute Gasteiger partial charge is 0.477 e. The van der Waals surface area contributed by atoms with Gasteiger partial charge in [-0.3, -0.25) is 24.0 Å². The topological polar surface area (TPSA) is 194 Å². The van der Waals surface area contributed by atoms with Crippen LogP contribution in [0.15, 0.2) is 21.8 Å². The number of aromatic nitrogens is 1. The maximum Gasteiger partial charge on any atom is 0.352 e. The minimum atomic E-state index is -3.59. The molecule has 1 saturated heterocycles. The molecule has 0 radical (unpaired) electrons. The Labute approximate surface area is 201 Å². The molecular weight excluding hydrogens is 514 g/mol. The second-order valence-electron chi connectivity index (χ2n) is 6.93. The summed E-state index contributed by atoms with van der Waals surface area (Å²) in [4.78, 5) is 58.2. The third-order valence-electron chi connectivity index (χ3n) is 4.40. The highest BCUT2D eigenvalue weighted by Crippen LogP contribution is 2.40. The predicted molar refractivity (Wildman–Crippen MR) is 120 cm³/mol. The number of ether oxygens (including phenoxy) is 1. The molecule has 2 amide bonds. The van der Waals surface area contributed by atoms with Crippen LogP contribution >= 0.6 is 23.1 Å². The average molecular weight is 534 g/mol. The first-order chi connectivity index (χ1) is 15.9. The number of amides is 2. The number of carbonyl (C=O) groups excluding carboxylic acids is 3. The molecule has 184 valence electrons. The summed E-state index contributed by atoms with van der Waals surface area (Å²) in [6, 6.07) is -1.06. The van der Waals surface area contributed by atoms with Crippen LogP contribution in [0.1, 0.15) is 12.6 Å². The number of rotatable bonds is 9. The van der Waals surface area contributed by atoms with Crippen LogP contribution in [0.2, 0.25) is 0 Å². The Hall–Kier alpha value is -3.18. The third-order valence-corrected chi connectivity index (χ3v) is 7.19. The molecule has 34 heavy (non-hydrogen) atoms. The van der Waals surface area contributed by atoms with Crippen molar-refractivity contribution in [2.75, 3.05) is 30.4 Å². The lowest BCUT2D eigenvalue weighted by Gasteiger charge is -2.49. The highest BCUT2D eigenvalue weighted by atomic mass is 32.2. The zero-order valence-electron chi connectivity index (χ0n) is 17.9. The molecule has 3 heterocycles. The summed E-state index contributed by atoms with van der Waals surface area (Å²) >= 11 is 2.11. The lowest BCUT2D eigenvalue weighted by Crippen LogP contribution is -2.71. The van der Waals surface area contributed by atoms with E-state index in [1.54, 1.807) is 0 Å². The molecule has 3 rings (SSSR count). The van der Waals surface area contributed by atoms with Gasteiger partial charge in [-0.15, -0.1) is 23.1 Å². The molecule has 0 aliphatic carbocycles. The van der Waals surface area contributed by atoms with Gasteiger partial charge in [0.25, 0.3) is 11.8 Å². The van der Waals surface area contributed by atoms with Crippen molar-refractivity contribution in [1.29, 1.82) is 0 Å². The van der Waals surface area contributed by atoms with Crippen LogP contribution in [-0.4, -0.2) is 90.0 Å². The van der Waals surface area contributed by atoms with Crippen LogP contribution < -0.4 is 10.0 Å². The summed E-state index contributed by atoms with van der Waals surface area (Å²) in [6.45, 7) is 0.914. The van der Waals surface area contributed by atoms with Gasteiger partial charge in [-0.1, -0.05) is 5.16 Å². The first-order valence-corrected chi connectivity index (χ1v) is 13.1. The lowest BCUT2D eigenvalue weighted by atomic mass is 10.0. The molecular formula is C17H19N5O9S3. The molecule has 1 aromatic heterocycles. The van der Waals surface area contributed by atoms with Crippen LogP contribution in [0, 0.1) is 0 Å². The number of carboxylic acids is 1. The van der Waals surface area contributed by atoms with Crippen molar-refractivity contribution in [3.63, 3.8) is 0 Å². The number of thioether (sulfide) groups is 1. The zero-order chi connectivity index (χ0) is 25.2. The van der Waals surface area contributed by atoms with E-state index in [0.717, 1.165) is 22.5 Å². The fourth-order valence-electron chi connectivity index (χ4n) is 3.08. The van der Waals surface area contributed by atoms with Gasteiger partial charge in [0, 0.05) is 23.6 Å². The van der Waals surface area contributed by atoms with Crippen LogP contribution in [0.25, 0.3) is 0 Å². The number of hydrogen-bond donors (Lipinski definition) is 3. The molecule has 2 atom stereocenters. The van der Waals surface area contributed by atoms with E-state index in [2.05, 4.69) is 20.2 Å². The molecule has 1 fully saturated rings. The molecule has 3 N–H and O–H groups in total. The van der Waals surface area contributed by atoms with Gasteiger partial charge in [-0.05, 0) is 0 Å². The van der Waals surface area contributed by atoms with Gasteiger partial charge >= 0.3 is 11.9 Å². The Morgan fingerprint density at radius 2 is 2.09 bits per heavy atom. The Morgan fingerprint density at radius 3 is 2.68 bits per heavy atom. The second-order valence-corrected chi connectivity index (χ2v) is 10.6. The molecule has 2 aliphatic heterocycles. The third kappa shape index (κ3) is 5.48. The molecule has 0 unspecified atom stereocenters. The number of fused-ring (bicyclic) bond motifs is 1. The first kappa shape index (κ1) is 25.4. The van der Waals surface area contributed by atoms with E-state index < -0.39 is 45.2 Å². The van der Waals surface area contributed by atoms with E-state index in [4.69, 9.17) is 9.57 Å². The maximum absolute atomic E-state index is 12.8. The van der Waals surface area contributed by atoms with E-state index in [9.17, 15) is 32.7 Å². The minimum Gasteiger partial charge on any atom is -0.477 e. The number of sulfonamides is 1. The monoisotopic (exact) mass is 533 g/mol. The molecule has 0 spiro atoms. The summed E-state index contributed by atoms with van der Waals surface area (Å²) in [5.74, 6) is -3.28. The fourth-order valence-corrected chi connectivity index (χ4v) is 5.95. The molecule has 17 heteroatoms. The Morgan fingerprint density at radius 1 is 1.38 bits per heavy atom. The highest BCUT2D eigenvalue weighted by Gasteiger charge is 2.54. The number of β-lactam (4-membered cyclic amide) rings is 1. The smallest absolute Gasteiger partial charge is 0.352 e. The van der Waals surface area contributed by atoms with E-state index in [0.29, 0.717) is 0 Å².